The molecule has 98 valence electrons. The van der Waals surface area contributed by atoms with Gasteiger partial charge in [-0.2, -0.15) is 0 Å². The number of rotatable bonds is 2. The summed E-state index contributed by atoms with van der Waals surface area (Å²) in [5, 5.41) is 3.31. The van der Waals surface area contributed by atoms with Crippen LogP contribution in [0.1, 0.15) is 26.7 Å². The molecule has 0 aromatic rings. The van der Waals surface area contributed by atoms with Crippen molar-refractivity contribution >= 4 is 5.78 Å². The van der Waals surface area contributed by atoms with E-state index >= 15 is 0 Å². The Kier molecular flexibility index (Phi) is 3.20. The third-order valence-electron chi connectivity index (χ3n) is 4.32. The van der Waals surface area contributed by atoms with Crippen LogP contribution in [0.3, 0.4) is 0 Å². The molecule has 1 spiro atoms. The largest absolute Gasteiger partial charge is 0.485 e. The lowest BCUT2D eigenvalue weighted by Crippen LogP contribution is -2.59. The molecule has 18 heavy (non-hydrogen) atoms. The molecular formula is C15H21NO2. The first-order chi connectivity index (χ1) is 8.48. The number of Topliss-reactive ketones (excluding diaryl/α,β-unsaturated/α-hetero) is 1. The maximum absolute atomic E-state index is 12.6. The molecule has 1 N–H and O–H groups in total. The number of allylic oxidation sites excluding steroid dienone is 3. The first kappa shape index (κ1) is 13.1. The highest BCUT2D eigenvalue weighted by molar-refractivity contribution is 6.04. The number of hydrogen-bond donors (Lipinski definition) is 1. The van der Waals surface area contributed by atoms with Crippen molar-refractivity contribution in [1.82, 2.24) is 5.32 Å². The maximum atomic E-state index is 12.6. The Morgan fingerprint density at radius 2 is 1.83 bits per heavy atom. The van der Waals surface area contributed by atoms with Gasteiger partial charge in [-0.05, 0) is 33.0 Å². The van der Waals surface area contributed by atoms with Crippen LogP contribution < -0.4 is 5.32 Å². The number of ether oxygens (including phenoxy) is 1. The fourth-order valence-corrected chi connectivity index (χ4v) is 2.95. The lowest BCUT2D eigenvalue weighted by Gasteiger charge is -2.51. The molecule has 2 aliphatic rings. The summed E-state index contributed by atoms with van der Waals surface area (Å²) in [6, 6.07) is 0. The van der Waals surface area contributed by atoms with E-state index in [1.807, 2.05) is 13.8 Å². The van der Waals surface area contributed by atoms with Crippen molar-refractivity contribution in [1.29, 1.82) is 0 Å². The van der Waals surface area contributed by atoms with Crippen LogP contribution in [-0.2, 0) is 9.53 Å². The first-order valence-electron chi connectivity index (χ1n) is 6.42. The highest BCUT2D eigenvalue weighted by atomic mass is 16.5. The summed E-state index contributed by atoms with van der Waals surface area (Å²) in [7, 11) is 0. The first-order valence-corrected chi connectivity index (χ1v) is 6.42. The number of hydrogen-bond acceptors (Lipinski definition) is 3. The average Bonchev–Trinajstić information content (AvgIpc) is 2.37. The Bertz CT molecular complexity index is 426. The van der Waals surface area contributed by atoms with Crippen LogP contribution in [0.25, 0.3) is 0 Å². The highest BCUT2D eigenvalue weighted by Crippen LogP contribution is 2.48. The SMILES string of the molecule is C=CC1=C(C=C)C(=O)C(C)(C)C2(CCNCC2)O1. The molecule has 0 aliphatic carbocycles. The molecule has 2 rings (SSSR count). The number of ketones is 1. The lowest BCUT2D eigenvalue weighted by molar-refractivity contribution is -0.154. The fraction of sp³-hybridized carbons (Fsp3) is 0.533. The summed E-state index contributed by atoms with van der Waals surface area (Å²) < 4.78 is 6.18. The molecule has 0 unspecified atom stereocenters. The lowest BCUT2D eigenvalue weighted by atomic mass is 9.64. The van der Waals surface area contributed by atoms with Crippen molar-refractivity contribution in [3.8, 4) is 0 Å². The smallest absolute Gasteiger partial charge is 0.176 e. The van der Waals surface area contributed by atoms with Crippen molar-refractivity contribution in [2.45, 2.75) is 32.3 Å². The predicted octanol–water partition coefficient (Wildman–Crippen LogP) is 2.36. The summed E-state index contributed by atoms with van der Waals surface area (Å²) in [5.74, 6) is 0.691. The van der Waals surface area contributed by atoms with Gasteiger partial charge in [0.2, 0.25) is 0 Å². The van der Waals surface area contributed by atoms with Crippen molar-refractivity contribution in [3.63, 3.8) is 0 Å². The summed E-state index contributed by atoms with van der Waals surface area (Å²) >= 11 is 0. The van der Waals surface area contributed by atoms with Gasteiger partial charge in [0, 0.05) is 12.8 Å². The maximum Gasteiger partial charge on any atom is 0.176 e. The molecule has 1 fully saturated rings. The summed E-state index contributed by atoms with van der Waals surface area (Å²) in [5.41, 5.74) is -0.379. The van der Waals surface area contributed by atoms with Crippen molar-refractivity contribution in [2.75, 3.05) is 13.1 Å². The molecule has 3 nitrogen and oxygen atoms in total. The molecule has 0 aromatic carbocycles. The summed E-state index contributed by atoms with van der Waals surface area (Å²) in [6.07, 6.45) is 4.88. The Balaban J connectivity index is 2.52. The monoisotopic (exact) mass is 247 g/mol. The summed E-state index contributed by atoms with van der Waals surface area (Å²) in [4.78, 5) is 12.6. The normalized spacial score (nSPS) is 25.8. The van der Waals surface area contributed by atoms with E-state index in [-0.39, 0.29) is 5.78 Å². The van der Waals surface area contributed by atoms with E-state index in [2.05, 4.69) is 18.5 Å². The Morgan fingerprint density at radius 3 is 2.33 bits per heavy atom. The second kappa shape index (κ2) is 4.39. The predicted molar refractivity (Wildman–Crippen MR) is 72.1 cm³/mol. The second-order valence-electron chi connectivity index (χ2n) is 5.49. The van der Waals surface area contributed by atoms with Gasteiger partial charge in [-0.1, -0.05) is 19.2 Å². The minimum Gasteiger partial charge on any atom is -0.485 e. The molecule has 0 amide bonds. The molecule has 0 aromatic heterocycles. The molecule has 0 radical (unpaired) electrons. The number of piperidine rings is 1. The molecule has 0 bridgehead atoms. The zero-order chi connectivity index (χ0) is 13.4. The zero-order valence-corrected chi connectivity index (χ0v) is 11.2. The summed E-state index contributed by atoms with van der Waals surface area (Å²) in [6.45, 7) is 13.2. The average molecular weight is 247 g/mol. The van der Waals surface area contributed by atoms with Gasteiger partial charge in [-0.25, -0.2) is 0 Å². The highest BCUT2D eigenvalue weighted by Gasteiger charge is 2.55. The van der Waals surface area contributed by atoms with Gasteiger partial charge in [0.1, 0.15) is 11.4 Å². The quantitative estimate of drug-likeness (QED) is 0.814. The van der Waals surface area contributed by atoms with Gasteiger partial charge in [0.15, 0.2) is 5.78 Å². The second-order valence-corrected chi connectivity index (χ2v) is 5.49. The topological polar surface area (TPSA) is 38.3 Å². The van der Waals surface area contributed by atoms with Gasteiger partial charge in [-0.15, -0.1) is 0 Å². The van der Waals surface area contributed by atoms with Crippen molar-refractivity contribution < 1.29 is 9.53 Å². The minimum absolute atomic E-state index is 0.112. The fourth-order valence-electron chi connectivity index (χ4n) is 2.95. The van der Waals surface area contributed by atoms with Crippen LogP contribution >= 0.6 is 0 Å². The Hall–Kier alpha value is -1.35. The number of nitrogens with one attached hydrogen (secondary N) is 1. The van der Waals surface area contributed by atoms with Crippen LogP contribution in [0.4, 0.5) is 0 Å². The third-order valence-corrected chi connectivity index (χ3v) is 4.32. The van der Waals surface area contributed by atoms with E-state index in [9.17, 15) is 4.79 Å². The van der Waals surface area contributed by atoms with Crippen LogP contribution in [-0.4, -0.2) is 24.5 Å². The molecule has 2 aliphatic heterocycles. The van der Waals surface area contributed by atoms with E-state index in [1.165, 1.54) is 0 Å². The Morgan fingerprint density at radius 1 is 1.22 bits per heavy atom. The van der Waals surface area contributed by atoms with Crippen LogP contribution in [0.5, 0.6) is 0 Å². The molecule has 2 heterocycles. The van der Waals surface area contributed by atoms with E-state index in [4.69, 9.17) is 4.74 Å². The van der Waals surface area contributed by atoms with E-state index in [0.717, 1.165) is 25.9 Å². The van der Waals surface area contributed by atoms with Gasteiger partial charge in [-0.3, -0.25) is 4.79 Å². The van der Waals surface area contributed by atoms with E-state index < -0.39 is 11.0 Å². The van der Waals surface area contributed by atoms with Gasteiger partial charge in [0.05, 0.1) is 11.0 Å². The standard InChI is InChI=1S/C15H21NO2/c1-5-11-12(6-2)18-15(7-9-16-10-8-15)14(3,4)13(11)17/h5-6,16H,1-2,7-10H2,3-4H3. The van der Waals surface area contributed by atoms with Gasteiger partial charge >= 0.3 is 0 Å². The molecule has 1 saturated heterocycles. The van der Waals surface area contributed by atoms with E-state index in [0.29, 0.717) is 11.3 Å². The minimum atomic E-state index is -0.523. The van der Waals surface area contributed by atoms with Crippen molar-refractivity contribution in [2.24, 2.45) is 5.41 Å². The number of carbonyl (C=O) groups is 1. The van der Waals surface area contributed by atoms with Crippen LogP contribution in [0.2, 0.25) is 0 Å². The van der Waals surface area contributed by atoms with Gasteiger partial charge in [0.25, 0.3) is 0 Å². The molecule has 0 atom stereocenters. The zero-order valence-electron chi connectivity index (χ0n) is 11.2. The van der Waals surface area contributed by atoms with E-state index in [1.54, 1.807) is 12.2 Å². The molecular weight excluding hydrogens is 226 g/mol. The third kappa shape index (κ3) is 1.65. The van der Waals surface area contributed by atoms with Crippen molar-refractivity contribution in [3.05, 3.63) is 36.6 Å². The van der Waals surface area contributed by atoms with Crippen LogP contribution in [0.15, 0.2) is 36.6 Å². The van der Waals surface area contributed by atoms with Crippen LogP contribution in [0, 0.1) is 5.41 Å². The molecule has 3 heteroatoms. The number of carbonyl (C=O) groups excluding carboxylic acids is 1. The van der Waals surface area contributed by atoms with Gasteiger partial charge < -0.3 is 10.1 Å². The molecule has 0 saturated carbocycles. The Labute approximate surface area is 109 Å².